The van der Waals surface area contributed by atoms with Crippen molar-refractivity contribution in [2.75, 3.05) is 0 Å². The molecule has 1 aliphatic carbocycles. The molecule has 0 fully saturated rings. The van der Waals surface area contributed by atoms with Crippen molar-refractivity contribution in [2.45, 2.75) is 32.6 Å². The van der Waals surface area contributed by atoms with Gasteiger partial charge in [-0.2, -0.15) is 9.78 Å². The number of benzene rings is 2. The van der Waals surface area contributed by atoms with E-state index in [1.165, 1.54) is 27.9 Å². The van der Waals surface area contributed by atoms with Crippen LogP contribution in [-0.4, -0.2) is 31.1 Å². The Hall–Kier alpha value is -3.68. The molecule has 0 atom stereocenters. The molecule has 0 aliphatic heterocycles. The van der Waals surface area contributed by atoms with E-state index in [1.54, 1.807) is 13.0 Å². The lowest BCUT2D eigenvalue weighted by molar-refractivity contribution is -0.136. The molecule has 0 amide bonds. The van der Waals surface area contributed by atoms with Crippen LogP contribution < -0.4 is 0 Å². The summed E-state index contributed by atoms with van der Waals surface area (Å²) < 4.78 is 1.42. The normalized spacial score (nSPS) is 13.1. The molecule has 1 aromatic heterocycles. The number of carboxylic acids is 1. The number of para-hydroxylation sites is 1. The summed E-state index contributed by atoms with van der Waals surface area (Å²) in [6.07, 6.45) is 2.90. The third-order valence-corrected chi connectivity index (χ3v) is 5.03. The average molecular weight is 392 g/mol. The van der Waals surface area contributed by atoms with Gasteiger partial charge in [-0.15, -0.1) is 10.2 Å². The van der Waals surface area contributed by atoms with Crippen LogP contribution in [0.2, 0.25) is 0 Å². The molecule has 0 saturated heterocycles. The lowest BCUT2D eigenvalue weighted by Gasteiger charge is -2.06. The summed E-state index contributed by atoms with van der Waals surface area (Å²) >= 11 is 0. The van der Waals surface area contributed by atoms with Crippen LogP contribution in [0, 0.1) is 6.92 Å². The maximum Gasteiger partial charge on any atom is 0.307 e. The minimum atomic E-state index is -1.06. The maximum atomic E-state index is 10.9. The third kappa shape index (κ3) is 3.56. The predicted molar refractivity (Wildman–Crippen MR) is 106 cm³/mol. The summed E-state index contributed by atoms with van der Waals surface area (Å²) in [7, 11) is 0. The number of azo groups is 1. The Kier molecular flexibility index (Phi) is 4.75. The number of phenols is 1. The fourth-order valence-electron chi connectivity index (χ4n) is 3.56. The van der Waals surface area contributed by atoms with Crippen LogP contribution in [0.5, 0.6) is 11.6 Å². The van der Waals surface area contributed by atoms with Crippen LogP contribution in [0.3, 0.4) is 0 Å². The van der Waals surface area contributed by atoms with Crippen molar-refractivity contribution in [1.29, 1.82) is 0 Å². The molecule has 1 heterocycles. The number of phenolic OH excluding ortho intramolecular Hbond substituents is 1. The van der Waals surface area contributed by atoms with Gasteiger partial charge in [-0.25, -0.2) is 0 Å². The molecule has 3 N–H and O–H groups in total. The Morgan fingerprint density at radius 3 is 2.72 bits per heavy atom. The van der Waals surface area contributed by atoms with Crippen LogP contribution in [0.15, 0.2) is 46.6 Å². The fourth-order valence-corrected chi connectivity index (χ4v) is 3.56. The Morgan fingerprint density at radius 1 is 1.14 bits per heavy atom. The Morgan fingerprint density at radius 2 is 1.93 bits per heavy atom. The predicted octanol–water partition coefficient (Wildman–Crippen LogP) is 4.12. The van der Waals surface area contributed by atoms with Crippen molar-refractivity contribution in [3.8, 4) is 17.3 Å². The molecule has 8 heteroatoms. The zero-order valence-electron chi connectivity index (χ0n) is 15.8. The lowest BCUT2D eigenvalue weighted by Crippen LogP contribution is -1.99. The number of fused-ring (bicyclic) bond motifs is 1. The van der Waals surface area contributed by atoms with Crippen molar-refractivity contribution >= 4 is 17.3 Å². The van der Waals surface area contributed by atoms with E-state index in [0.717, 1.165) is 24.9 Å². The standard InChI is InChI=1S/C21H20N4O4/c1-12-19(23-22-17-7-3-6-15(20(17)28)11-18(26)27)21(29)25(24-12)16-9-8-13-4-2-5-14(13)10-16/h3,6-10,28-29H,2,4-5,11H2,1H3,(H,26,27)/b23-22+. The molecule has 1 aliphatic rings. The van der Waals surface area contributed by atoms with E-state index >= 15 is 0 Å². The lowest BCUT2D eigenvalue weighted by atomic mass is 10.1. The number of carboxylic acid groups (broad SMARTS) is 1. The average Bonchev–Trinajstić information content (AvgIpc) is 3.26. The highest BCUT2D eigenvalue weighted by Crippen LogP contribution is 2.37. The maximum absolute atomic E-state index is 10.9. The van der Waals surface area contributed by atoms with Gasteiger partial charge in [0.2, 0.25) is 5.88 Å². The van der Waals surface area contributed by atoms with Crippen LogP contribution >= 0.6 is 0 Å². The van der Waals surface area contributed by atoms with E-state index in [-0.39, 0.29) is 35.0 Å². The second-order valence-electron chi connectivity index (χ2n) is 7.03. The molecule has 0 unspecified atom stereocenters. The van der Waals surface area contributed by atoms with Gasteiger partial charge in [-0.05, 0) is 55.5 Å². The van der Waals surface area contributed by atoms with Gasteiger partial charge in [0.05, 0.1) is 17.8 Å². The van der Waals surface area contributed by atoms with Crippen LogP contribution in [0.1, 0.15) is 28.8 Å². The number of carbonyl (C=O) groups is 1. The van der Waals surface area contributed by atoms with Crippen LogP contribution in [0.4, 0.5) is 11.4 Å². The molecule has 0 bridgehead atoms. The molecule has 148 valence electrons. The molecule has 3 aromatic rings. The first-order valence-corrected chi connectivity index (χ1v) is 9.29. The molecular weight excluding hydrogens is 372 g/mol. The number of aryl methyl sites for hydroxylation is 3. The number of aromatic nitrogens is 2. The van der Waals surface area contributed by atoms with Crippen molar-refractivity contribution in [1.82, 2.24) is 9.78 Å². The molecule has 2 aromatic carbocycles. The van der Waals surface area contributed by atoms with Gasteiger partial charge in [-0.1, -0.05) is 18.2 Å². The molecule has 0 radical (unpaired) electrons. The van der Waals surface area contributed by atoms with Gasteiger partial charge in [0.25, 0.3) is 0 Å². The smallest absolute Gasteiger partial charge is 0.307 e. The SMILES string of the molecule is Cc1nn(-c2ccc3c(c2)CCC3)c(O)c1/N=N/c1cccc(CC(=O)O)c1O. The van der Waals surface area contributed by atoms with Gasteiger partial charge in [0, 0.05) is 5.56 Å². The Labute approximate surface area is 166 Å². The first-order chi connectivity index (χ1) is 13.9. The first-order valence-electron chi connectivity index (χ1n) is 9.29. The number of nitrogens with zero attached hydrogens (tertiary/aromatic N) is 4. The number of hydrogen-bond donors (Lipinski definition) is 3. The van der Waals surface area contributed by atoms with E-state index in [9.17, 15) is 15.0 Å². The van der Waals surface area contributed by atoms with E-state index in [0.29, 0.717) is 5.69 Å². The van der Waals surface area contributed by atoms with Crippen molar-refractivity contribution in [2.24, 2.45) is 10.2 Å². The zero-order chi connectivity index (χ0) is 20.5. The zero-order valence-corrected chi connectivity index (χ0v) is 15.8. The highest BCUT2D eigenvalue weighted by atomic mass is 16.4. The minimum Gasteiger partial charge on any atom is -0.505 e. The Balaban J connectivity index is 1.66. The van der Waals surface area contributed by atoms with Gasteiger partial charge >= 0.3 is 5.97 Å². The number of aliphatic carboxylic acids is 1. The largest absolute Gasteiger partial charge is 0.505 e. The molecule has 29 heavy (non-hydrogen) atoms. The minimum absolute atomic E-state index is 0.118. The summed E-state index contributed by atoms with van der Waals surface area (Å²) in [5.41, 5.74) is 4.36. The summed E-state index contributed by atoms with van der Waals surface area (Å²) in [5.74, 6) is -1.45. The van der Waals surface area contributed by atoms with E-state index in [1.807, 2.05) is 12.1 Å². The van der Waals surface area contributed by atoms with E-state index in [2.05, 4.69) is 21.4 Å². The van der Waals surface area contributed by atoms with Crippen LogP contribution in [0.25, 0.3) is 5.69 Å². The summed E-state index contributed by atoms with van der Waals surface area (Å²) in [4.78, 5) is 10.9. The van der Waals surface area contributed by atoms with Crippen LogP contribution in [-0.2, 0) is 24.1 Å². The Bertz CT molecular complexity index is 1130. The highest BCUT2D eigenvalue weighted by Gasteiger charge is 2.18. The number of aromatic hydroxyl groups is 2. The quantitative estimate of drug-likeness (QED) is 0.564. The van der Waals surface area contributed by atoms with Gasteiger partial charge in [0.1, 0.15) is 11.4 Å². The summed E-state index contributed by atoms with van der Waals surface area (Å²) in [5, 5.41) is 42.2. The second-order valence-corrected chi connectivity index (χ2v) is 7.03. The molecule has 0 spiro atoms. The third-order valence-electron chi connectivity index (χ3n) is 5.03. The summed E-state index contributed by atoms with van der Waals surface area (Å²) in [6, 6.07) is 10.6. The van der Waals surface area contributed by atoms with Gasteiger partial charge in [0.15, 0.2) is 5.69 Å². The molecular formula is C21H20N4O4. The molecule has 8 nitrogen and oxygen atoms in total. The van der Waals surface area contributed by atoms with E-state index in [4.69, 9.17) is 5.11 Å². The van der Waals surface area contributed by atoms with Crippen molar-refractivity contribution in [3.05, 3.63) is 58.8 Å². The first kappa shape index (κ1) is 18.7. The summed E-state index contributed by atoms with van der Waals surface area (Å²) in [6.45, 7) is 1.71. The monoisotopic (exact) mass is 392 g/mol. The number of rotatable bonds is 5. The van der Waals surface area contributed by atoms with Gasteiger partial charge in [-0.3, -0.25) is 4.79 Å². The number of hydrogen-bond acceptors (Lipinski definition) is 6. The van der Waals surface area contributed by atoms with E-state index < -0.39 is 5.97 Å². The highest BCUT2D eigenvalue weighted by molar-refractivity contribution is 5.73. The fraction of sp³-hybridized carbons (Fsp3) is 0.238. The van der Waals surface area contributed by atoms with Crippen molar-refractivity contribution in [3.63, 3.8) is 0 Å². The van der Waals surface area contributed by atoms with Gasteiger partial charge < -0.3 is 15.3 Å². The molecule has 0 saturated carbocycles. The van der Waals surface area contributed by atoms with Crippen molar-refractivity contribution < 1.29 is 20.1 Å². The molecule has 4 rings (SSSR count). The second kappa shape index (κ2) is 7.38. The topological polar surface area (TPSA) is 120 Å².